The molecule has 1 saturated carbocycles. The lowest BCUT2D eigenvalue weighted by Crippen LogP contribution is -2.36. The molecule has 170 valence electrons. The topological polar surface area (TPSA) is 79.5 Å². The second kappa shape index (κ2) is 11.3. The number of ether oxygens (including phenoxy) is 1. The van der Waals surface area contributed by atoms with Crippen LogP contribution in [0.5, 0.6) is 5.75 Å². The number of carbonyl (C=O) groups is 2. The highest BCUT2D eigenvalue weighted by molar-refractivity contribution is 7.80. The Hall–Kier alpha value is -2.64. The smallest absolute Gasteiger partial charge is 0.257 e. The van der Waals surface area contributed by atoms with Crippen molar-refractivity contribution in [3.05, 3.63) is 58.6 Å². The standard InChI is InChI=1S/C24H28ClN3O3S/c1-15(2)31-19-10-6-7-16(13-19)22(29)28-24(32)27-18-11-12-21(25)20(14-18)23(30)26-17-8-4-3-5-9-17/h6-7,10-15,17H,3-5,8-9H2,1-2H3,(H,26,30)(H2,27,28,29,32). The first-order chi connectivity index (χ1) is 15.3. The first-order valence-corrected chi connectivity index (χ1v) is 11.6. The Bertz CT molecular complexity index is 990. The molecule has 0 atom stereocenters. The molecule has 2 aromatic rings. The molecule has 1 fully saturated rings. The van der Waals surface area contributed by atoms with Gasteiger partial charge in [-0.1, -0.05) is 36.9 Å². The molecule has 0 aromatic heterocycles. The quantitative estimate of drug-likeness (QED) is 0.495. The largest absolute Gasteiger partial charge is 0.491 e. The van der Waals surface area contributed by atoms with Crippen molar-refractivity contribution >= 4 is 46.4 Å². The fraction of sp³-hybridized carbons (Fsp3) is 0.375. The zero-order chi connectivity index (χ0) is 23.1. The lowest BCUT2D eigenvalue weighted by atomic mass is 9.95. The minimum atomic E-state index is -0.360. The van der Waals surface area contributed by atoms with E-state index in [0.29, 0.717) is 27.6 Å². The predicted molar refractivity (Wildman–Crippen MR) is 132 cm³/mol. The average molecular weight is 474 g/mol. The molecule has 0 spiro atoms. The maximum atomic E-state index is 12.7. The van der Waals surface area contributed by atoms with Crippen LogP contribution in [0, 0.1) is 0 Å². The molecule has 2 amide bonds. The van der Waals surface area contributed by atoms with Crippen molar-refractivity contribution in [2.24, 2.45) is 0 Å². The predicted octanol–water partition coefficient (Wildman–Crippen LogP) is 5.32. The Morgan fingerprint density at radius 3 is 2.53 bits per heavy atom. The van der Waals surface area contributed by atoms with Crippen LogP contribution in [0.15, 0.2) is 42.5 Å². The number of nitrogens with one attached hydrogen (secondary N) is 3. The summed E-state index contributed by atoms with van der Waals surface area (Å²) >= 11 is 11.5. The van der Waals surface area contributed by atoms with Crippen molar-refractivity contribution in [1.82, 2.24) is 10.6 Å². The van der Waals surface area contributed by atoms with E-state index in [4.69, 9.17) is 28.6 Å². The zero-order valence-electron chi connectivity index (χ0n) is 18.2. The van der Waals surface area contributed by atoms with Gasteiger partial charge in [0, 0.05) is 17.3 Å². The van der Waals surface area contributed by atoms with Crippen LogP contribution in [0.4, 0.5) is 5.69 Å². The minimum absolute atomic E-state index is 0.00506. The Balaban J connectivity index is 1.61. The summed E-state index contributed by atoms with van der Waals surface area (Å²) in [6, 6.07) is 12.0. The Kier molecular flexibility index (Phi) is 8.47. The molecule has 0 bridgehead atoms. The third-order valence-corrected chi connectivity index (χ3v) is 5.64. The van der Waals surface area contributed by atoms with Crippen LogP contribution in [-0.4, -0.2) is 29.1 Å². The highest BCUT2D eigenvalue weighted by Crippen LogP contribution is 2.23. The van der Waals surface area contributed by atoms with E-state index < -0.39 is 0 Å². The molecule has 0 radical (unpaired) electrons. The molecule has 32 heavy (non-hydrogen) atoms. The molecule has 3 rings (SSSR count). The van der Waals surface area contributed by atoms with E-state index >= 15 is 0 Å². The molecule has 0 saturated heterocycles. The van der Waals surface area contributed by atoms with Gasteiger partial charge in [0.1, 0.15) is 5.75 Å². The summed E-state index contributed by atoms with van der Waals surface area (Å²) in [5.74, 6) is 0.0428. The summed E-state index contributed by atoms with van der Waals surface area (Å²) in [5, 5.41) is 9.13. The lowest BCUT2D eigenvalue weighted by Gasteiger charge is -2.23. The van der Waals surface area contributed by atoms with Crippen molar-refractivity contribution in [2.45, 2.75) is 58.1 Å². The van der Waals surface area contributed by atoms with E-state index in [9.17, 15) is 9.59 Å². The summed E-state index contributed by atoms with van der Waals surface area (Å²) in [6.45, 7) is 3.84. The number of halogens is 1. The SMILES string of the molecule is CC(C)Oc1cccc(C(=O)NC(=S)Nc2ccc(Cl)c(C(=O)NC3CCCCC3)c2)c1. The Morgan fingerprint density at radius 2 is 1.81 bits per heavy atom. The van der Waals surface area contributed by atoms with Crippen LogP contribution < -0.4 is 20.7 Å². The van der Waals surface area contributed by atoms with Crippen molar-refractivity contribution in [3.8, 4) is 5.75 Å². The summed E-state index contributed by atoms with van der Waals surface area (Å²) in [5.41, 5.74) is 1.36. The molecule has 0 aliphatic heterocycles. The number of rotatable bonds is 6. The summed E-state index contributed by atoms with van der Waals surface area (Å²) in [7, 11) is 0. The molecule has 3 N–H and O–H groups in total. The third kappa shape index (κ3) is 6.93. The monoisotopic (exact) mass is 473 g/mol. The zero-order valence-corrected chi connectivity index (χ0v) is 19.8. The van der Waals surface area contributed by atoms with Crippen molar-refractivity contribution in [2.75, 3.05) is 5.32 Å². The van der Waals surface area contributed by atoms with Gasteiger partial charge in [0.2, 0.25) is 0 Å². The van der Waals surface area contributed by atoms with Crippen LogP contribution in [0.25, 0.3) is 0 Å². The maximum Gasteiger partial charge on any atom is 0.257 e. The van der Waals surface area contributed by atoms with Crippen molar-refractivity contribution < 1.29 is 14.3 Å². The molecule has 0 heterocycles. The van der Waals surface area contributed by atoms with Crippen molar-refractivity contribution in [1.29, 1.82) is 0 Å². The second-order valence-corrected chi connectivity index (χ2v) is 8.92. The molecular weight excluding hydrogens is 446 g/mol. The fourth-order valence-corrected chi connectivity index (χ4v) is 4.02. The van der Waals surface area contributed by atoms with E-state index in [2.05, 4.69) is 16.0 Å². The minimum Gasteiger partial charge on any atom is -0.491 e. The van der Waals surface area contributed by atoms with Gasteiger partial charge in [-0.25, -0.2) is 0 Å². The second-order valence-electron chi connectivity index (χ2n) is 8.11. The molecule has 2 aromatic carbocycles. The summed E-state index contributed by atoms with van der Waals surface area (Å²) < 4.78 is 5.63. The van der Waals surface area contributed by atoms with Crippen molar-refractivity contribution in [3.63, 3.8) is 0 Å². The van der Waals surface area contributed by atoms with Crippen LogP contribution in [-0.2, 0) is 0 Å². The Labute approximate surface area is 199 Å². The number of anilines is 1. The number of hydrogen-bond donors (Lipinski definition) is 3. The normalized spacial score (nSPS) is 14.0. The third-order valence-electron chi connectivity index (χ3n) is 5.10. The first kappa shape index (κ1) is 24.0. The molecule has 8 heteroatoms. The van der Waals surface area contributed by atoms with E-state index in [0.717, 1.165) is 25.7 Å². The fourth-order valence-electron chi connectivity index (χ4n) is 3.61. The van der Waals surface area contributed by atoms with Gasteiger partial charge in [-0.2, -0.15) is 0 Å². The van der Waals surface area contributed by atoms with E-state index in [-0.39, 0.29) is 29.1 Å². The average Bonchev–Trinajstić information content (AvgIpc) is 2.75. The van der Waals surface area contributed by atoms with Crippen LogP contribution in [0.2, 0.25) is 5.02 Å². The highest BCUT2D eigenvalue weighted by atomic mass is 35.5. The number of thiocarbonyl (C=S) groups is 1. The Morgan fingerprint density at radius 1 is 1.06 bits per heavy atom. The molecular formula is C24H28ClN3O3S. The highest BCUT2D eigenvalue weighted by Gasteiger charge is 2.19. The molecule has 1 aliphatic rings. The van der Waals surface area contributed by atoms with Gasteiger partial charge in [0.25, 0.3) is 11.8 Å². The number of hydrogen-bond acceptors (Lipinski definition) is 4. The maximum absolute atomic E-state index is 12.7. The molecule has 0 unspecified atom stereocenters. The number of benzene rings is 2. The summed E-state index contributed by atoms with van der Waals surface area (Å²) in [6.07, 6.45) is 5.44. The van der Waals surface area contributed by atoms with Gasteiger partial charge >= 0.3 is 0 Å². The molecule has 1 aliphatic carbocycles. The van der Waals surface area contributed by atoms with E-state index in [1.54, 1.807) is 42.5 Å². The lowest BCUT2D eigenvalue weighted by molar-refractivity contribution is 0.0926. The van der Waals surface area contributed by atoms with Gasteiger partial charge in [-0.3, -0.25) is 14.9 Å². The van der Waals surface area contributed by atoms with Crippen LogP contribution in [0.1, 0.15) is 66.7 Å². The van der Waals surface area contributed by atoms with E-state index in [1.807, 2.05) is 13.8 Å². The van der Waals surface area contributed by atoms with Gasteiger partial charge in [-0.15, -0.1) is 0 Å². The molecule has 6 nitrogen and oxygen atoms in total. The van der Waals surface area contributed by atoms with E-state index in [1.165, 1.54) is 6.42 Å². The van der Waals surface area contributed by atoms with Gasteiger partial charge in [0.15, 0.2) is 5.11 Å². The van der Waals surface area contributed by atoms with Gasteiger partial charge in [-0.05, 0) is 75.3 Å². The number of amides is 2. The van der Waals surface area contributed by atoms with Gasteiger partial charge < -0.3 is 15.4 Å². The van der Waals surface area contributed by atoms with Crippen LogP contribution in [0.3, 0.4) is 0 Å². The van der Waals surface area contributed by atoms with Gasteiger partial charge in [0.05, 0.1) is 16.7 Å². The van der Waals surface area contributed by atoms with Crippen LogP contribution >= 0.6 is 23.8 Å². The number of carbonyl (C=O) groups excluding carboxylic acids is 2. The summed E-state index contributed by atoms with van der Waals surface area (Å²) in [4.78, 5) is 25.3. The first-order valence-electron chi connectivity index (χ1n) is 10.8.